The van der Waals surface area contributed by atoms with Crippen molar-refractivity contribution in [3.63, 3.8) is 0 Å². The minimum Gasteiger partial charge on any atom is -0.467 e. The van der Waals surface area contributed by atoms with Crippen LogP contribution in [0.2, 0.25) is 0 Å². The van der Waals surface area contributed by atoms with Crippen LogP contribution < -0.4 is 15.0 Å². The molecule has 0 aliphatic carbocycles. The summed E-state index contributed by atoms with van der Waals surface area (Å²) in [5, 5.41) is 2.87. The predicted octanol–water partition coefficient (Wildman–Crippen LogP) is 0.395. The van der Waals surface area contributed by atoms with Crippen LogP contribution in [0.5, 0.6) is 6.01 Å². The molecule has 0 unspecified atom stereocenters. The summed E-state index contributed by atoms with van der Waals surface area (Å²) in [6, 6.07) is 0.304. The number of ether oxygens (including phenoxy) is 2. The van der Waals surface area contributed by atoms with Gasteiger partial charge >= 0.3 is 6.01 Å². The minimum atomic E-state index is 0.304. The van der Waals surface area contributed by atoms with Crippen LogP contribution >= 0.6 is 0 Å². The maximum Gasteiger partial charge on any atom is 0.322 e. The lowest BCUT2D eigenvalue weighted by Gasteiger charge is -2.17. The molecule has 0 fully saturated rings. The number of hydrogen-bond acceptors (Lipinski definition) is 7. The third-order valence-corrected chi connectivity index (χ3v) is 2.19. The van der Waals surface area contributed by atoms with E-state index in [-0.39, 0.29) is 0 Å². The molecule has 1 aromatic heterocycles. The standard InChI is InChI=1S/C10H19N5O2/c1-11-8-12-9(14-10(13-8)17-4)15(2)6-5-7-16-3/h5-7H2,1-4H3,(H,11,12,13,14). The van der Waals surface area contributed by atoms with Crippen LogP contribution in [-0.2, 0) is 4.74 Å². The van der Waals surface area contributed by atoms with Crippen molar-refractivity contribution in [3.8, 4) is 6.01 Å². The number of methoxy groups -OCH3 is 2. The fourth-order valence-corrected chi connectivity index (χ4v) is 1.27. The number of rotatable bonds is 7. The molecule has 0 aliphatic heterocycles. The summed E-state index contributed by atoms with van der Waals surface area (Å²) in [7, 11) is 6.89. The van der Waals surface area contributed by atoms with Crippen molar-refractivity contribution in [3.05, 3.63) is 0 Å². The average molecular weight is 241 g/mol. The molecule has 0 saturated heterocycles. The molecule has 96 valence electrons. The molecule has 1 N–H and O–H groups in total. The van der Waals surface area contributed by atoms with E-state index >= 15 is 0 Å². The molecule has 7 nitrogen and oxygen atoms in total. The molecule has 17 heavy (non-hydrogen) atoms. The van der Waals surface area contributed by atoms with E-state index in [1.165, 1.54) is 7.11 Å². The van der Waals surface area contributed by atoms with Crippen molar-refractivity contribution in [1.82, 2.24) is 15.0 Å². The van der Waals surface area contributed by atoms with Gasteiger partial charge in [0.05, 0.1) is 7.11 Å². The lowest BCUT2D eigenvalue weighted by Crippen LogP contribution is -2.23. The van der Waals surface area contributed by atoms with Crippen molar-refractivity contribution in [2.75, 3.05) is 51.7 Å². The van der Waals surface area contributed by atoms with Crippen molar-refractivity contribution >= 4 is 11.9 Å². The lowest BCUT2D eigenvalue weighted by molar-refractivity contribution is 0.196. The second kappa shape index (κ2) is 6.85. The fourth-order valence-electron chi connectivity index (χ4n) is 1.27. The maximum absolute atomic E-state index is 5.02. The second-order valence-corrected chi connectivity index (χ2v) is 3.46. The van der Waals surface area contributed by atoms with E-state index in [1.54, 1.807) is 14.2 Å². The Hall–Kier alpha value is -1.63. The highest BCUT2D eigenvalue weighted by molar-refractivity contribution is 5.37. The minimum absolute atomic E-state index is 0.304. The van der Waals surface area contributed by atoms with Gasteiger partial charge in [-0.15, -0.1) is 0 Å². The Balaban J connectivity index is 2.73. The van der Waals surface area contributed by atoms with E-state index in [9.17, 15) is 0 Å². The summed E-state index contributed by atoms with van der Waals surface area (Å²) in [4.78, 5) is 14.4. The largest absolute Gasteiger partial charge is 0.467 e. The number of nitrogens with zero attached hydrogens (tertiary/aromatic N) is 4. The van der Waals surface area contributed by atoms with Crippen LogP contribution in [0.25, 0.3) is 0 Å². The number of aromatic nitrogens is 3. The zero-order valence-corrected chi connectivity index (χ0v) is 10.7. The van der Waals surface area contributed by atoms with Crippen molar-refractivity contribution in [2.45, 2.75) is 6.42 Å². The molecule has 0 amide bonds. The first kappa shape index (κ1) is 13.4. The van der Waals surface area contributed by atoms with Gasteiger partial charge in [0.1, 0.15) is 0 Å². The highest BCUT2D eigenvalue weighted by Crippen LogP contribution is 2.13. The molecule has 1 aromatic rings. The Labute approximate surface area is 101 Å². The van der Waals surface area contributed by atoms with E-state index in [2.05, 4.69) is 20.3 Å². The van der Waals surface area contributed by atoms with Gasteiger partial charge in [0.25, 0.3) is 0 Å². The van der Waals surface area contributed by atoms with Crippen LogP contribution in [0.3, 0.4) is 0 Å². The lowest BCUT2D eigenvalue weighted by atomic mass is 10.4. The average Bonchev–Trinajstić information content (AvgIpc) is 2.38. The van der Waals surface area contributed by atoms with E-state index < -0.39 is 0 Å². The Kier molecular flexibility index (Phi) is 5.41. The van der Waals surface area contributed by atoms with Crippen molar-refractivity contribution in [2.24, 2.45) is 0 Å². The first-order valence-electron chi connectivity index (χ1n) is 5.39. The van der Waals surface area contributed by atoms with Crippen LogP contribution in [0.1, 0.15) is 6.42 Å². The molecule has 1 heterocycles. The summed E-state index contributed by atoms with van der Waals surface area (Å²) < 4.78 is 10.0. The third-order valence-electron chi connectivity index (χ3n) is 2.19. The normalized spacial score (nSPS) is 10.1. The van der Waals surface area contributed by atoms with Gasteiger partial charge < -0.3 is 19.7 Å². The number of nitrogens with one attached hydrogen (secondary N) is 1. The van der Waals surface area contributed by atoms with E-state index in [4.69, 9.17) is 9.47 Å². The summed E-state index contributed by atoms with van der Waals surface area (Å²) in [5.74, 6) is 1.07. The van der Waals surface area contributed by atoms with Crippen molar-refractivity contribution < 1.29 is 9.47 Å². The molecule has 0 atom stereocenters. The number of anilines is 2. The second-order valence-electron chi connectivity index (χ2n) is 3.46. The number of hydrogen-bond donors (Lipinski definition) is 1. The SMILES string of the molecule is CNc1nc(OC)nc(N(C)CCCOC)n1. The monoisotopic (exact) mass is 241 g/mol. The molecule has 0 aliphatic rings. The molecular formula is C10H19N5O2. The predicted molar refractivity (Wildman–Crippen MR) is 65.7 cm³/mol. The maximum atomic E-state index is 5.02. The molecule has 0 saturated carbocycles. The Morgan fingerprint density at radius 3 is 2.59 bits per heavy atom. The summed E-state index contributed by atoms with van der Waals surface area (Å²) >= 11 is 0. The van der Waals surface area contributed by atoms with E-state index in [0.29, 0.717) is 24.5 Å². The summed E-state index contributed by atoms with van der Waals surface area (Å²) in [6.07, 6.45) is 0.913. The van der Waals surface area contributed by atoms with Gasteiger partial charge in [-0.2, -0.15) is 15.0 Å². The van der Waals surface area contributed by atoms with E-state index in [0.717, 1.165) is 13.0 Å². The topological polar surface area (TPSA) is 72.4 Å². The molecule has 0 bridgehead atoms. The molecule has 0 radical (unpaired) electrons. The Bertz CT molecular complexity index is 325. The molecule has 1 rings (SSSR count). The highest BCUT2D eigenvalue weighted by Gasteiger charge is 2.09. The first-order valence-corrected chi connectivity index (χ1v) is 5.39. The smallest absolute Gasteiger partial charge is 0.322 e. The van der Waals surface area contributed by atoms with Crippen LogP contribution in [0.15, 0.2) is 0 Å². The third kappa shape index (κ3) is 4.03. The van der Waals surface area contributed by atoms with Gasteiger partial charge in [-0.05, 0) is 6.42 Å². The zero-order chi connectivity index (χ0) is 12.7. The quantitative estimate of drug-likeness (QED) is 0.692. The van der Waals surface area contributed by atoms with Crippen LogP contribution in [-0.4, -0.2) is 56.4 Å². The van der Waals surface area contributed by atoms with Crippen LogP contribution in [0.4, 0.5) is 11.9 Å². The molecular weight excluding hydrogens is 222 g/mol. The van der Waals surface area contributed by atoms with Crippen molar-refractivity contribution in [1.29, 1.82) is 0 Å². The highest BCUT2D eigenvalue weighted by atomic mass is 16.5. The Morgan fingerprint density at radius 2 is 2.00 bits per heavy atom. The van der Waals surface area contributed by atoms with Gasteiger partial charge in [0.2, 0.25) is 11.9 Å². The first-order chi connectivity index (χ1) is 8.21. The van der Waals surface area contributed by atoms with Gasteiger partial charge in [-0.1, -0.05) is 0 Å². The molecule has 7 heteroatoms. The van der Waals surface area contributed by atoms with E-state index in [1.807, 2.05) is 11.9 Å². The molecule has 0 aromatic carbocycles. The fraction of sp³-hybridized carbons (Fsp3) is 0.700. The van der Waals surface area contributed by atoms with Gasteiger partial charge in [-0.3, -0.25) is 0 Å². The zero-order valence-electron chi connectivity index (χ0n) is 10.7. The van der Waals surface area contributed by atoms with Crippen LogP contribution in [0, 0.1) is 0 Å². The van der Waals surface area contributed by atoms with Gasteiger partial charge in [-0.25, -0.2) is 0 Å². The summed E-state index contributed by atoms with van der Waals surface area (Å²) in [6.45, 7) is 1.52. The van der Waals surface area contributed by atoms with Gasteiger partial charge in [0, 0.05) is 34.4 Å². The summed E-state index contributed by atoms with van der Waals surface area (Å²) in [5.41, 5.74) is 0. The van der Waals surface area contributed by atoms with Gasteiger partial charge in [0.15, 0.2) is 0 Å². The Morgan fingerprint density at radius 1 is 1.24 bits per heavy atom. The molecule has 0 spiro atoms.